The van der Waals surface area contributed by atoms with Gasteiger partial charge in [0, 0.05) is 25.6 Å². The van der Waals surface area contributed by atoms with Crippen LogP contribution in [0.2, 0.25) is 0 Å². The van der Waals surface area contributed by atoms with Crippen LogP contribution in [0.5, 0.6) is 0 Å². The minimum absolute atomic E-state index is 0. The topological polar surface area (TPSA) is 74.2 Å². The summed E-state index contributed by atoms with van der Waals surface area (Å²) in [7, 11) is 0. The Morgan fingerprint density at radius 3 is 2.76 bits per heavy atom. The fourth-order valence-corrected chi connectivity index (χ4v) is 3.30. The highest BCUT2D eigenvalue weighted by Crippen LogP contribution is 2.19. The van der Waals surface area contributed by atoms with E-state index in [2.05, 4.69) is 22.5 Å². The lowest BCUT2D eigenvalue weighted by atomic mass is 10.1. The molecule has 0 radical (unpaired) electrons. The highest BCUT2D eigenvalue weighted by Gasteiger charge is 2.25. The van der Waals surface area contributed by atoms with Crippen molar-refractivity contribution in [1.29, 1.82) is 0 Å². The van der Waals surface area contributed by atoms with Gasteiger partial charge in [0.25, 0.3) is 5.91 Å². The first-order valence-electron chi connectivity index (χ1n) is 6.75. The molecule has 1 aliphatic rings. The van der Waals surface area contributed by atoms with Gasteiger partial charge < -0.3 is 15.7 Å². The highest BCUT2D eigenvalue weighted by atomic mass is 35.5. The van der Waals surface area contributed by atoms with E-state index in [0.717, 1.165) is 30.1 Å². The van der Waals surface area contributed by atoms with Gasteiger partial charge in [-0.1, -0.05) is 6.92 Å². The number of rotatable bonds is 5. The zero-order valence-corrected chi connectivity index (χ0v) is 14.7. The molecule has 0 spiro atoms. The van der Waals surface area contributed by atoms with Crippen molar-refractivity contribution in [2.24, 2.45) is 5.92 Å². The van der Waals surface area contributed by atoms with E-state index in [1.807, 2.05) is 6.92 Å². The standard InChI is InChI=1S/C13H21N3O2S.2ClH/c1-3-4-11-16-8(2)12(19-11)13(18)15-6-9-5-14-7-10(9)17;;/h9-10,14,17H,3-7H2,1-2H3,(H,15,18);2*1H. The summed E-state index contributed by atoms with van der Waals surface area (Å²) in [5.41, 5.74) is 0.802. The Kier molecular flexibility index (Phi) is 9.40. The number of nitrogens with zero attached hydrogens (tertiary/aromatic N) is 1. The molecule has 3 N–H and O–H groups in total. The number of aryl methyl sites for hydroxylation is 2. The van der Waals surface area contributed by atoms with Crippen molar-refractivity contribution >= 4 is 42.1 Å². The third-order valence-corrected chi connectivity index (χ3v) is 4.56. The minimum atomic E-state index is -0.362. The molecule has 0 aromatic carbocycles. The Morgan fingerprint density at radius 1 is 1.48 bits per heavy atom. The summed E-state index contributed by atoms with van der Waals surface area (Å²) in [6.07, 6.45) is 1.59. The molecule has 1 aliphatic heterocycles. The molecule has 1 aromatic rings. The first kappa shape index (κ1) is 20.6. The summed E-state index contributed by atoms with van der Waals surface area (Å²) >= 11 is 1.47. The molecule has 0 saturated carbocycles. The number of aliphatic hydroxyl groups excluding tert-OH is 1. The van der Waals surface area contributed by atoms with E-state index < -0.39 is 0 Å². The molecular weight excluding hydrogens is 333 g/mol. The number of β-amino-alcohol motifs (C(OH)–C–C–N with tert-alkyl or cyclic N) is 1. The van der Waals surface area contributed by atoms with E-state index in [0.29, 0.717) is 18.0 Å². The number of carbonyl (C=O) groups excluding carboxylic acids is 1. The van der Waals surface area contributed by atoms with Crippen LogP contribution in [-0.4, -0.2) is 41.7 Å². The van der Waals surface area contributed by atoms with E-state index in [4.69, 9.17) is 0 Å². The zero-order chi connectivity index (χ0) is 13.8. The Morgan fingerprint density at radius 2 is 2.19 bits per heavy atom. The molecule has 2 unspecified atom stereocenters. The van der Waals surface area contributed by atoms with Crippen molar-refractivity contribution in [1.82, 2.24) is 15.6 Å². The number of thiazole rings is 1. The van der Waals surface area contributed by atoms with Crippen LogP contribution in [0, 0.1) is 12.8 Å². The van der Waals surface area contributed by atoms with Gasteiger partial charge in [0.05, 0.1) is 16.8 Å². The Hall–Kier alpha value is -0.400. The SMILES string of the molecule is CCCc1nc(C)c(C(=O)NCC2CNCC2O)s1.Cl.Cl. The van der Waals surface area contributed by atoms with Crippen molar-refractivity contribution in [2.75, 3.05) is 19.6 Å². The summed E-state index contributed by atoms with van der Waals surface area (Å²) in [6.45, 7) is 5.85. The summed E-state index contributed by atoms with van der Waals surface area (Å²) in [5.74, 6) is 0.0312. The molecule has 5 nitrogen and oxygen atoms in total. The number of hydrogen-bond acceptors (Lipinski definition) is 5. The molecule has 21 heavy (non-hydrogen) atoms. The summed E-state index contributed by atoms with van der Waals surface area (Å²) < 4.78 is 0. The lowest BCUT2D eigenvalue weighted by Gasteiger charge is -2.13. The molecule has 8 heteroatoms. The van der Waals surface area contributed by atoms with Gasteiger partial charge in [0.2, 0.25) is 0 Å². The maximum absolute atomic E-state index is 12.1. The van der Waals surface area contributed by atoms with Gasteiger partial charge >= 0.3 is 0 Å². The quantitative estimate of drug-likeness (QED) is 0.749. The average molecular weight is 356 g/mol. The molecule has 2 atom stereocenters. The van der Waals surface area contributed by atoms with Crippen LogP contribution >= 0.6 is 36.2 Å². The van der Waals surface area contributed by atoms with Crippen LogP contribution in [0.1, 0.15) is 33.7 Å². The molecule has 1 amide bonds. The first-order valence-corrected chi connectivity index (χ1v) is 7.56. The monoisotopic (exact) mass is 355 g/mol. The van der Waals surface area contributed by atoms with E-state index in [1.165, 1.54) is 11.3 Å². The Balaban J connectivity index is 0.00000200. The molecular formula is C13H23Cl2N3O2S. The Bertz CT molecular complexity index is 457. The second-order valence-corrected chi connectivity index (χ2v) is 6.05. The summed E-state index contributed by atoms with van der Waals surface area (Å²) in [6, 6.07) is 0. The van der Waals surface area contributed by atoms with Gasteiger partial charge in [0.1, 0.15) is 4.88 Å². The predicted octanol–water partition coefficient (Wildman–Crippen LogP) is 1.56. The number of aliphatic hydroxyl groups is 1. The van der Waals surface area contributed by atoms with Gasteiger partial charge in [-0.05, 0) is 19.8 Å². The molecule has 1 fully saturated rings. The third-order valence-electron chi connectivity index (χ3n) is 3.34. The second-order valence-electron chi connectivity index (χ2n) is 4.97. The van der Waals surface area contributed by atoms with Crippen LogP contribution < -0.4 is 10.6 Å². The predicted molar refractivity (Wildman–Crippen MR) is 90.0 cm³/mol. The molecule has 2 heterocycles. The maximum atomic E-state index is 12.1. The van der Waals surface area contributed by atoms with Crippen molar-refractivity contribution in [3.8, 4) is 0 Å². The molecule has 122 valence electrons. The van der Waals surface area contributed by atoms with Gasteiger partial charge in [-0.2, -0.15) is 0 Å². The molecule has 2 rings (SSSR count). The van der Waals surface area contributed by atoms with Gasteiger partial charge in [0.15, 0.2) is 0 Å². The maximum Gasteiger partial charge on any atom is 0.263 e. The van der Waals surface area contributed by atoms with Crippen molar-refractivity contribution in [3.05, 3.63) is 15.6 Å². The van der Waals surface area contributed by atoms with E-state index in [-0.39, 0.29) is 42.7 Å². The number of carbonyl (C=O) groups is 1. The van der Waals surface area contributed by atoms with Crippen LogP contribution in [0.3, 0.4) is 0 Å². The van der Waals surface area contributed by atoms with Crippen LogP contribution in [-0.2, 0) is 6.42 Å². The summed E-state index contributed by atoms with van der Waals surface area (Å²) in [5, 5.41) is 16.7. The number of halogens is 2. The zero-order valence-electron chi connectivity index (χ0n) is 12.2. The molecule has 1 aromatic heterocycles. The van der Waals surface area contributed by atoms with Crippen LogP contribution in [0.4, 0.5) is 0 Å². The van der Waals surface area contributed by atoms with E-state index in [1.54, 1.807) is 0 Å². The second kappa shape index (κ2) is 9.58. The Labute approximate surface area is 141 Å². The molecule has 0 aliphatic carbocycles. The van der Waals surface area contributed by atoms with E-state index in [9.17, 15) is 9.90 Å². The average Bonchev–Trinajstić information content (AvgIpc) is 2.93. The number of hydrogen-bond donors (Lipinski definition) is 3. The van der Waals surface area contributed by atoms with Crippen LogP contribution in [0.15, 0.2) is 0 Å². The summed E-state index contributed by atoms with van der Waals surface area (Å²) in [4.78, 5) is 17.2. The fraction of sp³-hybridized carbons (Fsp3) is 0.692. The largest absolute Gasteiger partial charge is 0.391 e. The van der Waals surface area contributed by atoms with Crippen molar-refractivity contribution in [3.63, 3.8) is 0 Å². The highest BCUT2D eigenvalue weighted by molar-refractivity contribution is 7.13. The van der Waals surface area contributed by atoms with Gasteiger partial charge in [-0.15, -0.1) is 36.2 Å². The van der Waals surface area contributed by atoms with Gasteiger partial charge in [-0.3, -0.25) is 4.79 Å². The van der Waals surface area contributed by atoms with Gasteiger partial charge in [-0.25, -0.2) is 4.98 Å². The minimum Gasteiger partial charge on any atom is -0.391 e. The number of amides is 1. The van der Waals surface area contributed by atoms with E-state index >= 15 is 0 Å². The third kappa shape index (κ3) is 5.38. The smallest absolute Gasteiger partial charge is 0.263 e. The molecule has 1 saturated heterocycles. The van der Waals surface area contributed by atoms with Crippen molar-refractivity contribution in [2.45, 2.75) is 32.8 Å². The number of aromatic nitrogens is 1. The molecule has 0 bridgehead atoms. The fourth-order valence-electron chi connectivity index (χ4n) is 2.22. The van der Waals surface area contributed by atoms with Crippen molar-refractivity contribution < 1.29 is 9.90 Å². The normalized spacial score (nSPS) is 20.5. The number of nitrogens with one attached hydrogen (secondary N) is 2. The lowest BCUT2D eigenvalue weighted by molar-refractivity contribution is 0.0930. The first-order chi connectivity index (χ1) is 9.11. The lowest BCUT2D eigenvalue weighted by Crippen LogP contribution is -2.34. The van der Waals surface area contributed by atoms with Crippen LogP contribution in [0.25, 0.3) is 0 Å².